The topological polar surface area (TPSA) is 45.2 Å². The molecule has 1 aliphatic heterocycles. The molecule has 1 aliphatic rings. The van der Waals surface area contributed by atoms with Crippen molar-refractivity contribution < 1.29 is 0 Å². The maximum Gasteiger partial charge on any atom is 0.225 e. The normalized spacial score (nSPS) is 15.4. The number of rotatable bonds is 2. The Hall–Kier alpha value is -2.21. The maximum absolute atomic E-state index is 4.84. The van der Waals surface area contributed by atoms with Gasteiger partial charge in [0.25, 0.3) is 0 Å². The summed E-state index contributed by atoms with van der Waals surface area (Å²) in [5.41, 5.74) is 3.40. The molecular weight excluding hydrogens is 306 g/mol. The highest BCUT2D eigenvalue weighted by Gasteiger charge is 2.21. The smallest absolute Gasteiger partial charge is 0.225 e. The van der Waals surface area contributed by atoms with Crippen molar-refractivity contribution >= 4 is 32.6 Å². The summed E-state index contributed by atoms with van der Waals surface area (Å²) >= 11 is 1.78. The summed E-state index contributed by atoms with van der Waals surface area (Å²) in [4.78, 5) is 18.4. The van der Waals surface area contributed by atoms with Gasteiger partial charge in [-0.15, -0.1) is 0 Å². The standard InChI is InChI=1S/C17H19N5S/c1-12-4-3-5-14-15(12)20-17(23-14)22-10-8-21(9-11-22)16-18-7-6-13(2)19-16/h3-7H,8-11H2,1-2H3. The first kappa shape index (κ1) is 14.4. The fourth-order valence-electron chi connectivity index (χ4n) is 2.90. The van der Waals surface area contributed by atoms with Crippen molar-refractivity contribution in [3.05, 3.63) is 41.7 Å². The molecule has 6 heteroatoms. The highest BCUT2D eigenvalue weighted by molar-refractivity contribution is 7.22. The number of aromatic nitrogens is 3. The Balaban J connectivity index is 1.51. The quantitative estimate of drug-likeness (QED) is 0.725. The molecule has 0 amide bonds. The second kappa shape index (κ2) is 5.77. The van der Waals surface area contributed by atoms with Crippen LogP contribution in [0, 0.1) is 13.8 Å². The number of hydrogen-bond acceptors (Lipinski definition) is 6. The lowest BCUT2D eigenvalue weighted by Crippen LogP contribution is -2.47. The van der Waals surface area contributed by atoms with E-state index in [0.29, 0.717) is 0 Å². The van der Waals surface area contributed by atoms with Crippen molar-refractivity contribution in [1.29, 1.82) is 0 Å². The minimum absolute atomic E-state index is 0.838. The molecule has 0 spiro atoms. The van der Waals surface area contributed by atoms with E-state index in [4.69, 9.17) is 4.98 Å². The van der Waals surface area contributed by atoms with Crippen LogP contribution in [0.5, 0.6) is 0 Å². The van der Waals surface area contributed by atoms with Gasteiger partial charge in [0.1, 0.15) is 0 Å². The molecule has 4 rings (SSSR count). The van der Waals surface area contributed by atoms with Crippen molar-refractivity contribution in [2.45, 2.75) is 13.8 Å². The Morgan fingerprint density at radius 3 is 2.48 bits per heavy atom. The molecule has 0 aliphatic carbocycles. The molecular formula is C17H19N5S. The molecule has 3 aromatic rings. The van der Waals surface area contributed by atoms with Crippen LogP contribution in [0.1, 0.15) is 11.3 Å². The molecule has 1 saturated heterocycles. The zero-order valence-electron chi connectivity index (χ0n) is 13.4. The molecule has 5 nitrogen and oxygen atoms in total. The van der Waals surface area contributed by atoms with Crippen LogP contribution in [0.15, 0.2) is 30.5 Å². The number of fused-ring (bicyclic) bond motifs is 1. The summed E-state index contributed by atoms with van der Waals surface area (Å²) in [5, 5.41) is 1.12. The molecule has 118 valence electrons. The summed E-state index contributed by atoms with van der Waals surface area (Å²) in [6.07, 6.45) is 1.83. The first-order chi connectivity index (χ1) is 11.2. The van der Waals surface area contributed by atoms with Crippen molar-refractivity contribution in [1.82, 2.24) is 15.0 Å². The van der Waals surface area contributed by atoms with Gasteiger partial charge >= 0.3 is 0 Å². The molecule has 23 heavy (non-hydrogen) atoms. The summed E-state index contributed by atoms with van der Waals surface area (Å²) < 4.78 is 1.27. The zero-order valence-corrected chi connectivity index (χ0v) is 14.2. The molecule has 0 bridgehead atoms. The molecule has 3 heterocycles. The van der Waals surface area contributed by atoms with Gasteiger partial charge in [-0.25, -0.2) is 15.0 Å². The second-order valence-corrected chi connectivity index (χ2v) is 6.90. The number of para-hydroxylation sites is 1. The van der Waals surface area contributed by atoms with Crippen molar-refractivity contribution in [3.63, 3.8) is 0 Å². The maximum atomic E-state index is 4.84. The van der Waals surface area contributed by atoms with Crippen LogP contribution in [-0.4, -0.2) is 41.1 Å². The second-order valence-electron chi connectivity index (χ2n) is 5.89. The fraction of sp³-hybridized carbons (Fsp3) is 0.353. The Bertz CT molecular complexity index is 836. The molecule has 1 aromatic carbocycles. The molecule has 1 fully saturated rings. The highest BCUT2D eigenvalue weighted by atomic mass is 32.1. The number of hydrogen-bond donors (Lipinski definition) is 0. The van der Waals surface area contributed by atoms with E-state index in [1.54, 1.807) is 11.3 Å². The molecule has 0 saturated carbocycles. The summed E-state index contributed by atoms with van der Waals surface area (Å²) in [6, 6.07) is 8.31. The lowest BCUT2D eigenvalue weighted by atomic mass is 10.2. The van der Waals surface area contributed by atoms with E-state index in [2.05, 4.69) is 44.9 Å². The summed E-state index contributed by atoms with van der Waals surface area (Å²) in [7, 11) is 0. The van der Waals surface area contributed by atoms with Crippen LogP contribution in [-0.2, 0) is 0 Å². The number of nitrogens with zero attached hydrogens (tertiary/aromatic N) is 5. The van der Waals surface area contributed by atoms with Crippen LogP contribution in [0.4, 0.5) is 11.1 Å². The molecule has 0 unspecified atom stereocenters. The Morgan fingerprint density at radius 2 is 1.74 bits per heavy atom. The average molecular weight is 325 g/mol. The monoisotopic (exact) mass is 325 g/mol. The van der Waals surface area contributed by atoms with Gasteiger partial charge in [0.05, 0.1) is 10.2 Å². The Labute approximate surface area is 139 Å². The fourth-order valence-corrected chi connectivity index (χ4v) is 3.99. The van der Waals surface area contributed by atoms with Gasteiger partial charge in [-0.1, -0.05) is 23.5 Å². The SMILES string of the molecule is Cc1ccnc(N2CCN(c3nc4c(C)cccc4s3)CC2)n1. The zero-order chi connectivity index (χ0) is 15.8. The Kier molecular flexibility index (Phi) is 3.61. The largest absolute Gasteiger partial charge is 0.345 e. The van der Waals surface area contributed by atoms with Gasteiger partial charge in [-0.3, -0.25) is 0 Å². The van der Waals surface area contributed by atoms with Crippen molar-refractivity contribution in [3.8, 4) is 0 Å². The van der Waals surface area contributed by atoms with E-state index in [9.17, 15) is 0 Å². The lowest BCUT2D eigenvalue weighted by molar-refractivity contribution is 0.638. The minimum atomic E-state index is 0.838. The number of thiazole rings is 1. The van der Waals surface area contributed by atoms with Crippen LogP contribution < -0.4 is 9.80 Å². The van der Waals surface area contributed by atoms with Gasteiger partial charge in [0.2, 0.25) is 5.95 Å². The number of aryl methyl sites for hydroxylation is 2. The number of anilines is 2. The van der Waals surface area contributed by atoms with E-state index in [-0.39, 0.29) is 0 Å². The van der Waals surface area contributed by atoms with E-state index in [1.807, 2.05) is 19.2 Å². The first-order valence-corrected chi connectivity index (χ1v) is 8.68. The van der Waals surface area contributed by atoms with E-state index in [0.717, 1.165) is 48.5 Å². The van der Waals surface area contributed by atoms with Gasteiger partial charge in [0, 0.05) is 38.1 Å². The van der Waals surface area contributed by atoms with E-state index in [1.165, 1.54) is 10.3 Å². The predicted octanol–water partition coefficient (Wildman–Crippen LogP) is 3.03. The lowest BCUT2D eigenvalue weighted by Gasteiger charge is -2.34. The third-order valence-electron chi connectivity index (χ3n) is 4.22. The van der Waals surface area contributed by atoms with Crippen LogP contribution in [0.2, 0.25) is 0 Å². The number of benzene rings is 1. The van der Waals surface area contributed by atoms with E-state index < -0.39 is 0 Å². The molecule has 0 N–H and O–H groups in total. The van der Waals surface area contributed by atoms with Gasteiger partial charge < -0.3 is 9.80 Å². The van der Waals surface area contributed by atoms with Crippen molar-refractivity contribution in [2.75, 3.05) is 36.0 Å². The molecule has 0 atom stereocenters. The van der Waals surface area contributed by atoms with Gasteiger partial charge in [-0.05, 0) is 31.5 Å². The minimum Gasteiger partial charge on any atom is -0.345 e. The third kappa shape index (κ3) is 2.74. The number of piperazine rings is 1. The summed E-state index contributed by atoms with van der Waals surface area (Å²) in [6.45, 7) is 7.90. The van der Waals surface area contributed by atoms with Gasteiger partial charge in [-0.2, -0.15) is 0 Å². The van der Waals surface area contributed by atoms with Crippen LogP contribution in [0.3, 0.4) is 0 Å². The van der Waals surface area contributed by atoms with Crippen LogP contribution in [0.25, 0.3) is 10.2 Å². The van der Waals surface area contributed by atoms with Crippen LogP contribution >= 0.6 is 11.3 Å². The highest BCUT2D eigenvalue weighted by Crippen LogP contribution is 2.31. The molecule has 0 radical (unpaired) electrons. The Morgan fingerprint density at radius 1 is 0.957 bits per heavy atom. The average Bonchev–Trinajstić information content (AvgIpc) is 3.01. The summed E-state index contributed by atoms with van der Waals surface area (Å²) in [5.74, 6) is 0.838. The van der Waals surface area contributed by atoms with Crippen molar-refractivity contribution in [2.24, 2.45) is 0 Å². The van der Waals surface area contributed by atoms with Gasteiger partial charge in [0.15, 0.2) is 5.13 Å². The molecule has 2 aromatic heterocycles. The third-order valence-corrected chi connectivity index (χ3v) is 5.31. The predicted molar refractivity (Wildman–Crippen MR) is 95.6 cm³/mol. The van der Waals surface area contributed by atoms with E-state index >= 15 is 0 Å². The first-order valence-electron chi connectivity index (χ1n) is 7.86.